The number of carbonyl (C=O) groups is 1. The van der Waals surface area contributed by atoms with E-state index in [2.05, 4.69) is 45.4 Å². The highest BCUT2D eigenvalue weighted by atomic mass is 35.5. The van der Waals surface area contributed by atoms with Crippen molar-refractivity contribution in [2.45, 2.75) is 56.0 Å². The van der Waals surface area contributed by atoms with Crippen LogP contribution in [0.25, 0.3) is 0 Å². The first-order valence-electron chi connectivity index (χ1n) is 11.4. The van der Waals surface area contributed by atoms with E-state index in [-0.39, 0.29) is 5.91 Å². The zero-order chi connectivity index (χ0) is 21.4. The molecule has 1 saturated carbocycles. The number of piperidine rings is 1. The second-order valence-corrected chi connectivity index (χ2v) is 9.94. The molecule has 4 nitrogen and oxygen atoms in total. The first-order chi connectivity index (χ1) is 15.1. The van der Waals surface area contributed by atoms with Gasteiger partial charge in [0.1, 0.15) is 5.54 Å². The van der Waals surface area contributed by atoms with E-state index >= 15 is 0 Å². The number of anilines is 1. The molecule has 6 heteroatoms. The Kier molecular flexibility index (Phi) is 5.89. The lowest BCUT2D eigenvalue weighted by Crippen LogP contribution is -2.58. The highest BCUT2D eigenvalue weighted by molar-refractivity contribution is 6.42. The van der Waals surface area contributed by atoms with Gasteiger partial charge in [0.05, 0.1) is 16.7 Å². The lowest BCUT2D eigenvalue weighted by Gasteiger charge is -2.48. The summed E-state index contributed by atoms with van der Waals surface area (Å²) in [6.07, 6.45) is 6.77. The van der Waals surface area contributed by atoms with Gasteiger partial charge >= 0.3 is 0 Å². The first kappa shape index (κ1) is 21.1. The number of carbonyl (C=O) groups excluding carboxylic acids is 1. The van der Waals surface area contributed by atoms with Gasteiger partial charge in [0, 0.05) is 24.8 Å². The van der Waals surface area contributed by atoms with Crippen molar-refractivity contribution in [1.82, 2.24) is 10.2 Å². The van der Waals surface area contributed by atoms with Gasteiger partial charge in [-0.15, -0.1) is 0 Å². The smallest absolute Gasteiger partial charge is 0.247 e. The minimum absolute atomic E-state index is 0.140. The minimum atomic E-state index is -0.495. The van der Waals surface area contributed by atoms with Crippen molar-refractivity contribution in [2.75, 3.05) is 24.7 Å². The fraction of sp³-hybridized carbons (Fsp3) is 0.480. The van der Waals surface area contributed by atoms with Gasteiger partial charge in [-0.05, 0) is 55.4 Å². The van der Waals surface area contributed by atoms with Gasteiger partial charge in [0.2, 0.25) is 5.91 Å². The van der Waals surface area contributed by atoms with Gasteiger partial charge in [-0.2, -0.15) is 0 Å². The molecule has 164 valence electrons. The van der Waals surface area contributed by atoms with Crippen LogP contribution >= 0.6 is 23.2 Å². The molecule has 0 radical (unpaired) electrons. The highest BCUT2D eigenvalue weighted by Crippen LogP contribution is 2.42. The maximum absolute atomic E-state index is 13.0. The topological polar surface area (TPSA) is 35.6 Å². The Balaban J connectivity index is 1.35. The van der Waals surface area contributed by atoms with E-state index in [0.717, 1.165) is 31.6 Å². The summed E-state index contributed by atoms with van der Waals surface area (Å²) in [6, 6.07) is 17.2. The fourth-order valence-electron chi connectivity index (χ4n) is 5.94. The third kappa shape index (κ3) is 3.83. The maximum Gasteiger partial charge on any atom is 0.247 e. The van der Waals surface area contributed by atoms with Crippen molar-refractivity contribution < 1.29 is 4.79 Å². The molecule has 31 heavy (non-hydrogen) atoms. The van der Waals surface area contributed by atoms with Gasteiger partial charge in [-0.1, -0.05) is 66.4 Å². The number of rotatable bonds is 3. The SMILES string of the molecule is O=C1NCN(c2ccc(Cl)c(Cl)c2)C12CCN([C@@H]1CCCC[C@@H]1c1ccccc1)CC2. The molecular formula is C25H29Cl2N3O. The van der Waals surface area contributed by atoms with Crippen LogP contribution in [-0.4, -0.2) is 42.1 Å². The fourth-order valence-corrected chi connectivity index (χ4v) is 6.23. The Bertz CT molecular complexity index is 943. The van der Waals surface area contributed by atoms with Crippen molar-refractivity contribution in [1.29, 1.82) is 0 Å². The summed E-state index contributed by atoms with van der Waals surface area (Å²) >= 11 is 12.4. The molecule has 0 aromatic heterocycles. The van der Waals surface area contributed by atoms with E-state index in [9.17, 15) is 4.79 Å². The Hall–Kier alpha value is -1.75. The van der Waals surface area contributed by atoms with Crippen LogP contribution in [-0.2, 0) is 4.79 Å². The molecule has 0 unspecified atom stereocenters. The summed E-state index contributed by atoms with van der Waals surface area (Å²) < 4.78 is 0. The highest BCUT2D eigenvalue weighted by Gasteiger charge is 2.51. The molecular weight excluding hydrogens is 429 g/mol. The zero-order valence-corrected chi connectivity index (χ0v) is 19.2. The van der Waals surface area contributed by atoms with E-state index in [1.807, 2.05) is 18.2 Å². The normalized spacial score (nSPS) is 26.3. The molecule has 2 aromatic carbocycles. The molecule has 3 aliphatic rings. The van der Waals surface area contributed by atoms with E-state index < -0.39 is 5.54 Å². The predicted octanol–water partition coefficient (Wildman–Crippen LogP) is 5.45. The number of hydrogen-bond acceptors (Lipinski definition) is 3. The predicted molar refractivity (Wildman–Crippen MR) is 127 cm³/mol. The van der Waals surface area contributed by atoms with Gasteiger partial charge in [-0.3, -0.25) is 9.69 Å². The Morgan fingerprint density at radius 1 is 0.935 bits per heavy atom. The number of halogens is 2. The quantitative estimate of drug-likeness (QED) is 0.665. The molecule has 2 aliphatic heterocycles. The van der Waals surface area contributed by atoms with Crippen molar-refractivity contribution in [2.24, 2.45) is 0 Å². The molecule has 5 rings (SSSR count). The Morgan fingerprint density at radius 3 is 2.42 bits per heavy atom. The molecule has 2 heterocycles. The van der Waals surface area contributed by atoms with E-state index in [0.29, 0.717) is 28.7 Å². The minimum Gasteiger partial charge on any atom is -0.339 e. The van der Waals surface area contributed by atoms with E-state index in [1.54, 1.807) is 0 Å². The molecule has 1 amide bonds. The van der Waals surface area contributed by atoms with Gasteiger partial charge < -0.3 is 10.2 Å². The van der Waals surface area contributed by atoms with Crippen molar-refractivity contribution in [3.05, 3.63) is 64.1 Å². The lowest BCUT2D eigenvalue weighted by molar-refractivity contribution is -0.125. The number of hydrogen-bond donors (Lipinski definition) is 1. The Morgan fingerprint density at radius 2 is 1.68 bits per heavy atom. The molecule has 0 bridgehead atoms. The van der Waals surface area contributed by atoms with E-state index in [4.69, 9.17) is 23.2 Å². The van der Waals surface area contributed by atoms with Gasteiger partial charge in [-0.25, -0.2) is 0 Å². The molecule has 2 saturated heterocycles. The van der Waals surface area contributed by atoms with Crippen LogP contribution < -0.4 is 10.2 Å². The summed E-state index contributed by atoms with van der Waals surface area (Å²) in [5.41, 5.74) is 1.93. The summed E-state index contributed by atoms with van der Waals surface area (Å²) in [5, 5.41) is 4.15. The number of benzene rings is 2. The zero-order valence-electron chi connectivity index (χ0n) is 17.7. The third-order valence-corrected chi connectivity index (χ3v) is 8.34. The van der Waals surface area contributed by atoms with E-state index in [1.165, 1.54) is 31.2 Å². The average Bonchev–Trinajstić information content (AvgIpc) is 3.12. The molecule has 1 spiro atoms. The summed E-state index contributed by atoms with van der Waals surface area (Å²) in [4.78, 5) is 17.9. The average molecular weight is 458 g/mol. The first-order valence-corrected chi connectivity index (χ1v) is 12.1. The number of likely N-dealkylation sites (tertiary alicyclic amines) is 1. The standard InChI is InChI=1S/C25H29Cl2N3O/c26-21-11-10-19(16-22(21)27)30-17-28-24(31)25(30)12-14-29(15-13-25)23-9-5-4-8-20(23)18-6-2-1-3-7-18/h1-3,6-7,10-11,16,20,23H,4-5,8-9,12-15,17H2,(H,28,31)/t20-,23-/m1/s1. The summed E-state index contributed by atoms with van der Waals surface area (Å²) in [7, 11) is 0. The molecule has 2 atom stereocenters. The molecule has 1 N–H and O–H groups in total. The second kappa shape index (κ2) is 8.65. The van der Waals surface area contributed by atoms with Crippen molar-refractivity contribution >= 4 is 34.8 Å². The molecule has 3 fully saturated rings. The third-order valence-electron chi connectivity index (χ3n) is 7.60. The number of nitrogens with zero attached hydrogens (tertiary/aromatic N) is 2. The van der Waals surface area contributed by atoms with Crippen LogP contribution in [0.1, 0.15) is 50.0 Å². The monoisotopic (exact) mass is 457 g/mol. The van der Waals surface area contributed by atoms with Crippen LogP contribution in [0.4, 0.5) is 5.69 Å². The number of amides is 1. The van der Waals surface area contributed by atoms with Crippen LogP contribution in [0.2, 0.25) is 10.0 Å². The summed E-state index contributed by atoms with van der Waals surface area (Å²) in [5.74, 6) is 0.731. The van der Waals surface area contributed by atoms with Gasteiger partial charge in [0.15, 0.2) is 0 Å². The Labute approximate surface area is 194 Å². The molecule has 2 aromatic rings. The summed E-state index contributed by atoms with van der Waals surface area (Å²) in [6.45, 7) is 2.41. The van der Waals surface area contributed by atoms with Crippen LogP contribution in [0.3, 0.4) is 0 Å². The van der Waals surface area contributed by atoms with Crippen LogP contribution in [0, 0.1) is 0 Å². The van der Waals surface area contributed by atoms with Crippen LogP contribution in [0.15, 0.2) is 48.5 Å². The lowest BCUT2D eigenvalue weighted by atomic mass is 9.77. The number of nitrogens with one attached hydrogen (secondary N) is 1. The van der Waals surface area contributed by atoms with Crippen molar-refractivity contribution in [3.8, 4) is 0 Å². The van der Waals surface area contributed by atoms with Crippen LogP contribution in [0.5, 0.6) is 0 Å². The maximum atomic E-state index is 13.0. The second-order valence-electron chi connectivity index (χ2n) is 9.13. The van der Waals surface area contributed by atoms with Crippen molar-refractivity contribution in [3.63, 3.8) is 0 Å². The largest absolute Gasteiger partial charge is 0.339 e. The molecule has 1 aliphatic carbocycles. The van der Waals surface area contributed by atoms with Gasteiger partial charge in [0.25, 0.3) is 0 Å².